The molecule has 2 rings (SSSR count). The van der Waals surface area contributed by atoms with E-state index in [1.165, 1.54) is 0 Å². The van der Waals surface area contributed by atoms with Crippen molar-refractivity contribution in [1.29, 1.82) is 0 Å². The molecule has 136 valence electrons. The van der Waals surface area contributed by atoms with Crippen molar-refractivity contribution in [3.05, 3.63) is 29.8 Å². The second-order valence-electron chi connectivity index (χ2n) is 7.49. The molecule has 1 unspecified atom stereocenters. The zero-order valence-corrected chi connectivity index (χ0v) is 15.2. The number of ether oxygens (including phenoxy) is 1. The Morgan fingerprint density at radius 1 is 1.16 bits per heavy atom. The molecule has 6 heteroatoms. The number of hydrogen-bond donors (Lipinski definition) is 2. The summed E-state index contributed by atoms with van der Waals surface area (Å²) in [5.41, 5.74) is 0.0729. The average molecular weight is 346 g/mol. The second kappa shape index (κ2) is 7.68. The third-order valence-corrected chi connectivity index (χ3v) is 3.77. The van der Waals surface area contributed by atoms with E-state index in [2.05, 4.69) is 10.6 Å². The number of Topliss-reactive ketones (excluding diaryl/α,β-unsaturated/α-hetero) is 1. The minimum atomic E-state index is -0.640. The van der Waals surface area contributed by atoms with E-state index in [1.807, 2.05) is 20.8 Å². The SMILES string of the molecule is CC(NC(=O)c1ccc(OCC(=O)C2CC2)cc1)C(=O)NC(C)(C)C. The molecular weight excluding hydrogens is 320 g/mol. The molecule has 1 aliphatic rings. The van der Waals surface area contributed by atoms with Gasteiger partial charge in [0.25, 0.3) is 5.91 Å². The molecule has 1 aromatic carbocycles. The summed E-state index contributed by atoms with van der Waals surface area (Å²) in [5, 5.41) is 5.49. The van der Waals surface area contributed by atoms with Crippen molar-refractivity contribution in [2.24, 2.45) is 5.92 Å². The number of hydrogen-bond acceptors (Lipinski definition) is 4. The van der Waals surface area contributed by atoms with Crippen molar-refractivity contribution in [2.75, 3.05) is 6.61 Å². The summed E-state index contributed by atoms with van der Waals surface area (Å²) >= 11 is 0. The van der Waals surface area contributed by atoms with Gasteiger partial charge >= 0.3 is 0 Å². The molecule has 0 saturated heterocycles. The molecule has 0 spiro atoms. The van der Waals surface area contributed by atoms with Gasteiger partial charge in [-0.3, -0.25) is 14.4 Å². The van der Waals surface area contributed by atoms with Gasteiger partial charge in [0.15, 0.2) is 5.78 Å². The van der Waals surface area contributed by atoms with Crippen molar-refractivity contribution in [3.8, 4) is 5.75 Å². The van der Waals surface area contributed by atoms with Crippen molar-refractivity contribution in [3.63, 3.8) is 0 Å². The maximum Gasteiger partial charge on any atom is 0.251 e. The predicted octanol–water partition coefficient (Wildman–Crippen LogP) is 2.08. The van der Waals surface area contributed by atoms with E-state index >= 15 is 0 Å². The lowest BCUT2D eigenvalue weighted by Gasteiger charge is -2.23. The number of carbonyl (C=O) groups is 3. The molecule has 1 fully saturated rings. The number of ketones is 1. The molecule has 25 heavy (non-hydrogen) atoms. The number of rotatable bonds is 7. The molecule has 1 atom stereocenters. The van der Waals surface area contributed by atoms with Crippen LogP contribution in [0.4, 0.5) is 0 Å². The lowest BCUT2D eigenvalue weighted by molar-refractivity contribution is -0.124. The molecule has 6 nitrogen and oxygen atoms in total. The first-order chi connectivity index (χ1) is 11.7. The minimum Gasteiger partial charge on any atom is -0.486 e. The summed E-state index contributed by atoms with van der Waals surface area (Å²) < 4.78 is 5.43. The number of benzene rings is 1. The summed E-state index contributed by atoms with van der Waals surface area (Å²) in [7, 11) is 0. The van der Waals surface area contributed by atoms with Crippen molar-refractivity contribution < 1.29 is 19.1 Å². The first-order valence-corrected chi connectivity index (χ1v) is 8.54. The maximum absolute atomic E-state index is 12.2. The van der Waals surface area contributed by atoms with Crippen molar-refractivity contribution >= 4 is 17.6 Å². The number of carbonyl (C=O) groups excluding carboxylic acids is 3. The van der Waals surface area contributed by atoms with E-state index < -0.39 is 6.04 Å². The monoisotopic (exact) mass is 346 g/mol. The van der Waals surface area contributed by atoms with Gasteiger partial charge in [-0.2, -0.15) is 0 Å². The summed E-state index contributed by atoms with van der Waals surface area (Å²) in [6, 6.07) is 5.88. The van der Waals surface area contributed by atoms with Crippen LogP contribution in [0.3, 0.4) is 0 Å². The maximum atomic E-state index is 12.2. The average Bonchev–Trinajstić information content (AvgIpc) is 3.36. The minimum absolute atomic E-state index is 0.0697. The smallest absolute Gasteiger partial charge is 0.251 e. The van der Waals surface area contributed by atoms with E-state index in [9.17, 15) is 14.4 Å². The summed E-state index contributed by atoms with van der Waals surface area (Å²) in [6.07, 6.45) is 1.92. The Hall–Kier alpha value is -2.37. The Morgan fingerprint density at radius 2 is 1.76 bits per heavy atom. The molecule has 0 heterocycles. The van der Waals surface area contributed by atoms with Crippen molar-refractivity contribution in [2.45, 2.75) is 52.1 Å². The van der Waals surface area contributed by atoms with Crippen LogP contribution in [0.15, 0.2) is 24.3 Å². The molecule has 1 aromatic rings. The van der Waals surface area contributed by atoms with Crippen LogP contribution >= 0.6 is 0 Å². The zero-order valence-electron chi connectivity index (χ0n) is 15.2. The Balaban J connectivity index is 1.84. The summed E-state index contributed by atoms with van der Waals surface area (Å²) in [6.45, 7) is 7.35. The first-order valence-electron chi connectivity index (χ1n) is 8.54. The van der Waals surface area contributed by atoms with Crippen LogP contribution in [0.1, 0.15) is 50.9 Å². The van der Waals surface area contributed by atoms with Gasteiger partial charge in [-0.05, 0) is 64.8 Å². The van der Waals surface area contributed by atoms with Gasteiger partial charge in [0.05, 0.1) is 0 Å². The van der Waals surface area contributed by atoms with Gasteiger partial charge in [-0.1, -0.05) is 0 Å². The fraction of sp³-hybridized carbons (Fsp3) is 0.526. The molecule has 2 N–H and O–H groups in total. The predicted molar refractivity (Wildman–Crippen MR) is 94.5 cm³/mol. The van der Waals surface area contributed by atoms with Gasteiger partial charge in [0.2, 0.25) is 5.91 Å². The van der Waals surface area contributed by atoms with E-state index in [-0.39, 0.29) is 35.7 Å². The molecule has 1 aliphatic carbocycles. The number of nitrogens with one attached hydrogen (secondary N) is 2. The fourth-order valence-corrected chi connectivity index (χ4v) is 2.20. The van der Waals surface area contributed by atoms with E-state index in [1.54, 1.807) is 31.2 Å². The van der Waals surface area contributed by atoms with Gasteiger partial charge in [0.1, 0.15) is 18.4 Å². The van der Waals surface area contributed by atoms with Crippen molar-refractivity contribution in [1.82, 2.24) is 10.6 Å². The highest BCUT2D eigenvalue weighted by Crippen LogP contribution is 2.29. The Kier molecular flexibility index (Phi) is 5.82. The lowest BCUT2D eigenvalue weighted by Crippen LogP contribution is -2.50. The topological polar surface area (TPSA) is 84.5 Å². The Morgan fingerprint density at radius 3 is 2.28 bits per heavy atom. The molecule has 2 amide bonds. The molecule has 1 saturated carbocycles. The molecule has 0 aliphatic heterocycles. The molecular formula is C19H26N2O4. The van der Waals surface area contributed by atoms with Crippen LogP contribution in [-0.4, -0.2) is 35.8 Å². The van der Waals surface area contributed by atoms with Crippen LogP contribution in [0.5, 0.6) is 5.75 Å². The normalized spacial score (nSPS) is 15.2. The molecule has 0 bridgehead atoms. The zero-order chi connectivity index (χ0) is 18.6. The van der Waals surface area contributed by atoms with E-state index in [0.717, 1.165) is 12.8 Å². The highest BCUT2D eigenvalue weighted by Gasteiger charge is 2.29. The third kappa shape index (κ3) is 6.21. The van der Waals surface area contributed by atoms with Gasteiger partial charge < -0.3 is 15.4 Å². The van der Waals surface area contributed by atoms with Gasteiger partial charge in [-0.25, -0.2) is 0 Å². The van der Waals surface area contributed by atoms with Crippen LogP contribution in [0.25, 0.3) is 0 Å². The standard InChI is InChI=1S/C19H26N2O4/c1-12(17(23)21-19(2,3)4)20-18(24)14-7-9-15(10-8-14)25-11-16(22)13-5-6-13/h7-10,12-13H,5-6,11H2,1-4H3,(H,20,24)(H,21,23). The molecule has 0 radical (unpaired) electrons. The Bertz CT molecular complexity index is 642. The quantitative estimate of drug-likeness (QED) is 0.792. The van der Waals surface area contributed by atoms with Crippen LogP contribution in [-0.2, 0) is 9.59 Å². The van der Waals surface area contributed by atoms with E-state index in [4.69, 9.17) is 4.74 Å². The van der Waals surface area contributed by atoms with Gasteiger partial charge in [-0.15, -0.1) is 0 Å². The van der Waals surface area contributed by atoms with Crippen LogP contribution in [0.2, 0.25) is 0 Å². The van der Waals surface area contributed by atoms with E-state index in [0.29, 0.717) is 11.3 Å². The summed E-state index contributed by atoms with van der Waals surface area (Å²) in [5.74, 6) is 0.270. The molecule has 0 aromatic heterocycles. The highest BCUT2D eigenvalue weighted by atomic mass is 16.5. The van der Waals surface area contributed by atoms with Gasteiger partial charge in [0, 0.05) is 17.0 Å². The largest absolute Gasteiger partial charge is 0.486 e. The summed E-state index contributed by atoms with van der Waals surface area (Å²) in [4.78, 5) is 35.8. The fourth-order valence-electron chi connectivity index (χ4n) is 2.20. The van der Waals surface area contributed by atoms with Crippen LogP contribution < -0.4 is 15.4 Å². The number of amides is 2. The lowest BCUT2D eigenvalue weighted by atomic mass is 10.1. The van der Waals surface area contributed by atoms with Crippen LogP contribution in [0, 0.1) is 5.92 Å². The first kappa shape index (κ1) is 19.0. The second-order valence-corrected chi connectivity index (χ2v) is 7.49. The third-order valence-electron chi connectivity index (χ3n) is 3.77. The Labute approximate surface area is 148 Å². The highest BCUT2D eigenvalue weighted by molar-refractivity contribution is 5.97.